The molecule has 1 aromatic heterocycles. The largest absolute Gasteiger partial charge is 0.355 e. The maximum atomic E-state index is 14.8. The molecule has 0 unspecified atom stereocenters. The first-order valence-electron chi connectivity index (χ1n) is 9.17. The molecule has 2 nitrogen and oxygen atoms in total. The topological polar surface area (TPSA) is 14.3 Å². The Labute approximate surface area is 162 Å². The molecule has 0 amide bonds. The average Bonchev–Trinajstić information content (AvgIpc) is 3.07. The second-order valence-electron chi connectivity index (χ2n) is 6.96. The Kier molecular flexibility index (Phi) is 3.69. The van der Waals surface area contributed by atoms with Gasteiger partial charge in [-0.05, 0) is 23.3 Å². The van der Waals surface area contributed by atoms with Gasteiger partial charge in [0.25, 0.3) is 5.58 Å². The van der Waals surface area contributed by atoms with Crippen LogP contribution in [0.4, 0.5) is 4.39 Å². The smallest absolute Gasteiger partial charge is 0.336 e. The van der Waals surface area contributed by atoms with Crippen LogP contribution in [-0.2, 0) is 0 Å². The molecule has 3 heteroatoms. The van der Waals surface area contributed by atoms with Gasteiger partial charge in [0.15, 0.2) is 0 Å². The first kappa shape index (κ1) is 16.6. The number of aryl methyl sites for hydroxylation is 1. The molecule has 136 valence electrons. The predicted molar refractivity (Wildman–Crippen MR) is 112 cm³/mol. The summed E-state index contributed by atoms with van der Waals surface area (Å²) in [7, 11) is 0. The van der Waals surface area contributed by atoms with Crippen LogP contribution >= 0.6 is 0 Å². The van der Waals surface area contributed by atoms with Crippen molar-refractivity contribution in [2.24, 2.45) is 0 Å². The summed E-state index contributed by atoms with van der Waals surface area (Å²) in [6.45, 7) is 6.14. The van der Waals surface area contributed by atoms with Gasteiger partial charge in [-0.25, -0.2) is 4.39 Å². The summed E-state index contributed by atoms with van der Waals surface area (Å²) >= 11 is 0. The van der Waals surface area contributed by atoms with Crippen molar-refractivity contribution >= 4 is 28.7 Å². The van der Waals surface area contributed by atoms with Gasteiger partial charge in [0.05, 0.1) is 17.6 Å². The molecule has 0 radical (unpaired) electrons. The monoisotopic (exact) mass is 367 g/mol. The zero-order chi connectivity index (χ0) is 19.3. The summed E-state index contributed by atoms with van der Waals surface area (Å²) in [6, 6.07) is 17.9. The van der Waals surface area contributed by atoms with Crippen molar-refractivity contribution in [1.82, 2.24) is 0 Å². The van der Waals surface area contributed by atoms with E-state index >= 15 is 0 Å². The Bertz CT molecular complexity index is 1290. The molecule has 0 saturated carbocycles. The summed E-state index contributed by atoms with van der Waals surface area (Å²) in [4.78, 5) is 0. The Morgan fingerprint density at radius 1 is 1.00 bits per heavy atom. The predicted octanol–water partition coefficient (Wildman–Crippen LogP) is 6.38. The van der Waals surface area contributed by atoms with Crippen LogP contribution in [0.3, 0.4) is 0 Å². The van der Waals surface area contributed by atoms with Crippen LogP contribution in [0.5, 0.6) is 0 Å². The molecule has 3 aromatic carbocycles. The lowest BCUT2D eigenvalue weighted by Crippen LogP contribution is -2.14. The molecule has 1 aliphatic rings. The minimum atomic E-state index is -0.289. The van der Waals surface area contributed by atoms with Crippen molar-refractivity contribution < 1.29 is 13.4 Å². The maximum Gasteiger partial charge on any atom is 0.355 e. The van der Waals surface area contributed by atoms with Crippen molar-refractivity contribution in [3.63, 3.8) is 0 Å². The Morgan fingerprint density at radius 2 is 1.82 bits per heavy atom. The van der Waals surface area contributed by atoms with E-state index in [1.54, 1.807) is 6.07 Å². The van der Waals surface area contributed by atoms with E-state index in [1.807, 2.05) is 72.3 Å². The van der Waals surface area contributed by atoms with Crippen molar-refractivity contribution in [3.05, 3.63) is 102 Å². The van der Waals surface area contributed by atoms with E-state index in [9.17, 15) is 4.39 Å². The molecule has 0 fully saturated rings. The average molecular weight is 367 g/mol. The summed E-state index contributed by atoms with van der Waals surface area (Å²) in [5, 5.41) is 1.87. The molecule has 0 N–H and O–H groups in total. The standard InChI is InChI=1S/C25H18FNO/c1-16-11-12-18-19-13-14-20(26)23(17-8-4-3-5-9-17)25(19)28-24(18)22(16)21-10-6-7-15-27(21)2/h3-15H,2H2,1H3. The van der Waals surface area contributed by atoms with E-state index in [1.165, 1.54) is 6.07 Å². The number of nitrogens with zero attached hydrogens (tertiary/aromatic N) is 1. The van der Waals surface area contributed by atoms with E-state index in [4.69, 9.17) is 4.42 Å². The first-order valence-corrected chi connectivity index (χ1v) is 9.17. The van der Waals surface area contributed by atoms with Crippen LogP contribution in [0, 0.1) is 18.8 Å². The summed E-state index contributed by atoms with van der Waals surface area (Å²) in [5.41, 5.74) is 4.67. The Balaban J connectivity index is 1.86. The molecule has 0 atom stereocenters. The number of fused-ring (bicyclic) bond motifs is 3. The van der Waals surface area contributed by atoms with Crippen LogP contribution in [0.15, 0.2) is 83.4 Å². The number of furan rings is 1. The highest BCUT2D eigenvalue weighted by atomic mass is 19.1. The third-order valence-electron chi connectivity index (χ3n) is 5.23. The molecule has 1 aliphatic heterocycles. The summed E-state index contributed by atoms with van der Waals surface area (Å²) in [5.74, 6) is -0.289. The van der Waals surface area contributed by atoms with E-state index in [-0.39, 0.29) is 5.82 Å². The number of hydrogen-bond donors (Lipinski definition) is 0. The summed E-state index contributed by atoms with van der Waals surface area (Å²) in [6.07, 6.45) is 7.84. The number of rotatable bonds is 2. The fourth-order valence-electron chi connectivity index (χ4n) is 3.87. The third kappa shape index (κ3) is 2.40. The van der Waals surface area contributed by atoms with Crippen LogP contribution in [0.25, 0.3) is 33.1 Å². The van der Waals surface area contributed by atoms with Crippen LogP contribution in [0.1, 0.15) is 11.1 Å². The SMILES string of the molecule is C=[N+]1C=CC=C[C-]1c1c(C)ccc2c3ccc(F)c(-c4ccccc4)c3[o+][c-]12. The lowest BCUT2D eigenvalue weighted by Gasteiger charge is -2.22. The van der Waals surface area contributed by atoms with Gasteiger partial charge in [-0.3, -0.25) is 4.42 Å². The zero-order valence-corrected chi connectivity index (χ0v) is 15.4. The minimum absolute atomic E-state index is 0.289. The lowest BCUT2D eigenvalue weighted by atomic mass is 9.96. The van der Waals surface area contributed by atoms with E-state index in [2.05, 4.69) is 12.8 Å². The van der Waals surface area contributed by atoms with Crippen LogP contribution in [-0.4, -0.2) is 11.3 Å². The van der Waals surface area contributed by atoms with Gasteiger partial charge >= 0.3 is 5.58 Å². The number of benzene rings is 3. The molecule has 28 heavy (non-hydrogen) atoms. The maximum absolute atomic E-state index is 14.8. The van der Waals surface area contributed by atoms with Crippen LogP contribution < -0.4 is 0 Å². The zero-order valence-electron chi connectivity index (χ0n) is 15.4. The molecular weight excluding hydrogens is 349 g/mol. The molecule has 0 spiro atoms. The van der Waals surface area contributed by atoms with Crippen LogP contribution in [0.2, 0.25) is 0 Å². The van der Waals surface area contributed by atoms with E-state index in [0.29, 0.717) is 11.1 Å². The minimum Gasteiger partial charge on any atom is -0.336 e. The van der Waals surface area contributed by atoms with Gasteiger partial charge in [-0.15, -0.1) is 23.8 Å². The fourth-order valence-corrected chi connectivity index (χ4v) is 3.87. The van der Waals surface area contributed by atoms with E-state index in [0.717, 1.165) is 39.1 Å². The van der Waals surface area contributed by atoms with Crippen molar-refractivity contribution in [3.8, 4) is 11.1 Å². The molecule has 2 heterocycles. The van der Waals surface area contributed by atoms with Gasteiger partial charge < -0.3 is 4.58 Å². The van der Waals surface area contributed by atoms with Crippen molar-refractivity contribution in [2.45, 2.75) is 6.92 Å². The molecule has 4 aromatic rings. The highest BCUT2D eigenvalue weighted by molar-refractivity contribution is 6.11. The molecule has 5 rings (SSSR count). The Hall–Kier alpha value is -3.59. The van der Waals surface area contributed by atoms with Gasteiger partial charge in [-0.1, -0.05) is 43.3 Å². The van der Waals surface area contributed by atoms with Gasteiger partial charge in [0, 0.05) is 12.1 Å². The Morgan fingerprint density at radius 3 is 2.61 bits per heavy atom. The highest BCUT2D eigenvalue weighted by Gasteiger charge is 2.27. The molecular formula is C25H18FNO. The quantitative estimate of drug-likeness (QED) is 0.228. The van der Waals surface area contributed by atoms with Gasteiger partial charge in [-0.2, -0.15) is 6.08 Å². The highest BCUT2D eigenvalue weighted by Crippen LogP contribution is 2.41. The normalized spacial score (nSPS) is 13.8. The van der Waals surface area contributed by atoms with E-state index < -0.39 is 0 Å². The number of allylic oxidation sites excluding steroid dienone is 2. The lowest BCUT2D eigenvalue weighted by molar-refractivity contribution is -0.417. The second-order valence-corrected chi connectivity index (χ2v) is 6.96. The molecule has 0 bridgehead atoms. The van der Waals surface area contributed by atoms with Crippen molar-refractivity contribution in [1.29, 1.82) is 0 Å². The molecule has 0 saturated heterocycles. The van der Waals surface area contributed by atoms with Gasteiger partial charge in [0.2, 0.25) is 0 Å². The van der Waals surface area contributed by atoms with Gasteiger partial charge in [0.1, 0.15) is 11.4 Å². The fraction of sp³-hybridized carbons (Fsp3) is 0.0400. The summed E-state index contributed by atoms with van der Waals surface area (Å²) < 4.78 is 23.0. The molecule has 0 aliphatic carbocycles. The second kappa shape index (κ2) is 6.24. The van der Waals surface area contributed by atoms with Crippen molar-refractivity contribution in [2.75, 3.05) is 0 Å². The number of hydrogen-bond acceptors (Lipinski definition) is 0. The third-order valence-corrected chi connectivity index (χ3v) is 5.23. The number of halogens is 1. The first-order chi connectivity index (χ1) is 13.6.